The Hall–Kier alpha value is -1.67. The molecule has 0 saturated heterocycles. The molecule has 1 N–H and O–H groups in total. The molecule has 0 spiro atoms. The van der Waals surface area contributed by atoms with Gasteiger partial charge in [0.25, 0.3) is 0 Å². The first-order valence-corrected chi connectivity index (χ1v) is 6.11. The Labute approximate surface area is 108 Å². The van der Waals surface area contributed by atoms with E-state index in [-0.39, 0.29) is 11.9 Å². The molecule has 0 bridgehead atoms. The summed E-state index contributed by atoms with van der Waals surface area (Å²) in [7, 11) is 1.90. The predicted molar refractivity (Wildman–Crippen MR) is 73.2 cm³/mol. The van der Waals surface area contributed by atoms with Crippen LogP contribution in [0.25, 0.3) is 0 Å². The highest BCUT2D eigenvalue weighted by molar-refractivity contribution is 5.38. The zero-order valence-electron chi connectivity index (χ0n) is 11.0. The summed E-state index contributed by atoms with van der Waals surface area (Å²) in [6.07, 6.45) is 0. The minimum Gasteiger partial charge on any atom is -0.309 e. The summed E-state index contributed by atoms with van der Waals surface area (Å²) in [5, 5.41) is 3.26. The van der Waals surface area contributed by atoms with Gasteiger partial charge in [-0.1, -0.05) is 30.3 Å². The molecule has 0 aromatic heterocycles. The fourth-order valence-corrected chi connectivity index (χ4v) is 2.34. The molecular formula is C16H18FN. The second-order valence-corrected chi connectivity index (χ2v) is 4.64. The maximum absolute atomic E-state index is 13.5. The molecule has 1 atom stereocenters. The molecule has 94 valence electrons. The lowest BCUT2D eigenvalue weighted by molar-refractivity contribution is 0.614. The van der Waals surface area contributed by atoms with Gasteiger partial charge in [-0.15, -0.1) is 0 Å². The normalized spacial score (nSPS) is 12.4. The van der Waals surface area contributed by atoms with Crippen molar-refractivity contribution in [3.05, 3.63) is 70.5 Å². The van der Waals surface area contributed by atoms with Gasteiger partial charge in [0.05, 0.1) is 6.04 Å². The third kappa shape index (κ3) is 2.59. The zero-order chi connectivity index (χ0) is 13.1. The molecular weight excluding hydrogens is 225 g/mol. The van der Waals surface area contributed by atoms with E-state index in [0.717, 1.165) is 11.1 Å². The second kappa shape index (κ2) is 5.32. The summed E-state index contributed by atoms with van der Waals surface area (Å²) in [6, 6.07) is 13.4. The van der Waals surface area contributed by atoms with Crippen LogP contribution in [0.5, 0.6) is 0 Å². The third-order valence-electron chi connectivity index (χ3n) is 3.19. The van der Waals surface area contributed by atoms with Crippen LogP contribution < -0.4 is 5.32 Å². The van der Waals surface area contributed by atoms with Gasteiger partial charge in [-0.2, -0.15) is 0 Å². The van der Waals surface area contributed by atoms with Crippen LogP contribution in [0.4, 0.5) is 4.39 Å². The maximum Gasteiger partial charge on any atom is 0.123 e. The minimum atomic E-state index is -0.182. The Morgan fingerprint density at radius 1 is 1.06 bits per heavy atom. The molecule has 0 amide bonds. The average molecular weight is 243 g/mol. The molecule has 0 aliphatic heterocycles. The Balaban J connectivity index is 2.48. The Bertz CT molecular complexity index is 528. The van der Waals surface area contributed by atoms with Crippen LogP contribution in [0, 0.1) is 19.7 Å². The quantitative estimate of drug-likeness (QED) is 0.865. The highest BCUT2D eigenvalue weighted by Crippen LogP contribution is 2.25. The van der Waals surface area contributed by atoms with Gasteiger partial charge < -0.3 is 5.32 Å². The van der Waals surface area contributed by atoms with Gasteiger partial charge in [-0.05, 0) is 55.3 Å². The first-order chi connectivity index (χ1) is 8.61. The molecule has 0 aliphatic rings. The topological polar surface area (TPSA) is 12.0 Å². The summed E-state index contributed by atoms with van der Waals surface area (Å²) in [5.41, 5.74) is 4.30. The van der Waals surface area contributed by atoms with E-state index >= 15 is 0 Å². The SMILES string of the molecule is CNC(c1cc(C)cc(F)c1)c1ccccc1C. The number of hydrogen-bond acceptors (Lipinski definition) is 1. The van der Waals surface area contributed by atoms with Crippen molar-refractivity contribution in [1.29, 1.82) is 0 Å². The minimum absolute atomic E-state index is 0.0283. The Kier molecular flexibility index (Phi) is 3.78. The number of hydrogen-bond donors (Lipinski definition) is 1. The Morgan fingerprint density at radius 2 is 1.78 bits per heavy atom. The van der Waals surface area contributed by atoms with Crippen molar-refractivity contribution in [2.24, 2.45) is 0 Å². The summed E-state index contributed by atoms with van der Waals surface area (Å²) in [5.74, 6) is -0.182. The predicted octanol–water partition coefficient (Wildman–Crippen LogP) is 3.75. The maximum atomic E-state index is 13.5. The van der Waals surface area contributed by atoms with Gasteiger partial charge in [-0.25, -0.2) is 4.39 Å². The van der Waals surface area contributed by atoms with E-state index in [1.807, 2.05) is 32.2 Å². The molecule has 18 heavy (non-hydrogen) atoms. The van der Waals surface area contributed by atoms with Gasteiger partial charge in [0.1, 0.15) is 5.82 Å². The van der Waals surface area contributed by atoms with E-state index in [1.54, 1.807) is 12.1 Å². The van der Waals surface area contributed by atoms with Crippen LogP contribution in [-0.2, 0) is 0 Å². The van der Waals surface area contributed by atoms with Crippen LogP contribution in [0.3, 0.4) is 0 Å². The average Bonchev–Trinajstić information content (AvgIpc) is 2.31. The van der Waals surface area contributed by atoms with Gasteiger partial charge in [0.15, 0.2) is 0 Å². The van der Waals surface area contributed by atoms with Crippen LogP contribution in [0.1, 0.15) is 28.3 Å². The lowest BCUT2D eigenvalue weighted by Gasteiger charge is -2.20. The summed E-state index contributed by atoms with van der Waals surface area (Å²) in [6.45, 7) is 3.99. The summed E-state index contributed by atoms with van der Waals surface area (Å²) >= 11 is 0. The molecule has 0 heterocycles. The molecule has 0 aliphatic carbocycles. The van der Waals surface area contributed by atoms with Crippen LogP contribution in [-0.4, -0.2) is 7.05 Å². The smallest absolute Gasteiger partial charge is 0.123 e. The summed E-state index contributed by atoms with van der Waals surface area (Å²) < 4.78 is 13.5. The van der Waals surface area contributed by atoms with Crippen LogP contribution >= 0.6 is 0 Å². The second-order valence-electron chi connectivity index (χ2n) is 4.64. The van der Waals surface area contributed by atoms with E-state index < -0.39 is 0 Å². The molecule has 2 rings (SSSR count). The number of benzene rings is 2. The third-order valence-corrected chi connectivity index (χ3v) is 3.19. The van der Waals surface area contributed by atoms with Crippen molar-refractivity contribution in [2.45, 2.75) is 19.9 Å². The van der Waals surface area contributed by atoms with E-state index in [0.29, 0.717) is 0 Å². The molecule has 1 unspecified atom stereocenters. The van der Waals surface area contributed by atoms with E-state index in [2.05, 4.69) is 24.4 Å². The number of aryl methyl sites for hydroxylation is 2. The molecule has 1 nitrogen and oxygen atoms in total. The largest absolute Gasteiger partial charge is 0.309 e. The highest BCUT2D eigenvalue weighted by atomic mass is 19.1. The van der Waals surface area contributed by atoms with Crippen LogP contribution in [0.2, 0.25) is 0 Å². The zero-order valence-corrected chi connectivity index (χ0v) is 11.0. The molecule has 2 heteroatoms. The monoisotopic (exact) mass is 243 g/mol. The molecule has 0 radical (unpaired) electrons. The van der Waals surface area contributed by atoms with Crippen LogP contribution in [0.15, 0.2) is 42.5 Å². The lowest BCUT2D eigenvalue weighted by atomic mass is 9.94. The van der Waals surface area contributed by atoms with Crippen molar-refractivity contribution < 1.29 is 4.39 Å². The molecule has 0 saturated carbocycles. The standard InChI is InChI=1S/C16H18FN/c1-11-8-13(10-14(17)9-11)16(18-3)15-7-5-4-6-12(15)2/h4-10,16,18H,1-3H3. The molecule has 2 aromatic carbocycles. The van der Waals surface area contributed by atoms with Gasteiger partial charge in [0, 0.05) is 0 Å². The van der Waals surface area contributed by atoms with Crippen molar-refractivity contribution in [1.82, 2.24) is 5.32 Å². The van der Waals surface area contributed by atoms with Gasteiger partial charge >= 0.3 is 0 Å². The number of rotatable bonds is 3. The molecule has 2 aromatic rings. The lowest BCUT2D eigenvalue weighted by Crippen LogP contribution is -2.19. The van der Waals surface area contributed by atoms with Crippen molar-refractivity contribution >= 4 is 0 Å². The van der Waals surface area contributed by atoms with E-state index in [1.165, 1.54) is 11.1 Å². The fourth-order valence-electron chi connectivity index (χ4n) is 2.34. The van der Waals surface area contributed by atoms with Gasteiger partial charge in [0.2, 0.25) is 0 Å². The first kappa shape index (κ1) is 12.8. The van der Waals surface area contributed by atoms with Crippen molar-refractivity contribution in [3.8, 4) is 0 Å². The fraction of sp³-hybridized carbons (Fsp3) is 0.250. The Morgan fingerprint density at radius 3 is 2.39 bits per heavy atom. The summed E-state index contributed by atoms with van der Waals surface area (Å²) in [4.78, 5) is 0. The molecule has 0 fully saturated rings. The van der Waals surface area contributed by atoms with Crippen molar-refractivity contribution in [2.75, 3.05) is 7.05 Å². The number of nitrogens with one attached hydrogen (secondary N) is 1. The first-order valence-electron chi connectivity index (χ1n) is 6.11. The number of halogens is 1. The van der Waals surface area contributed by atoms with E-state index in [9.17, 15) is 4.39 Å². The highest BCUT2D eigenvalue weighted by Gasteiger charge is 2.14. The van der Waals surface area contributed by atoms with Gasteiger partial charge in [-0.3, -0.25) is 0 Å². The van der Waals surface area contributed by atoms with Crippen molar-refractivity contribution in [3.63, 3.8) is 0 Å². The van der Waals surface area contributed by atoms with E-state index in [4.69, 9.17) is 0 Å².